The maximum absolute atomic E-state index is 11.5. The highest BCUT2D eigenvalue weighted by Gasteiger charge is 2.25. The average molecular weight is 324 g/mol. The summed E-state index contributed by atoms with van der Waals surface area (Å²) in [7, 11) is 0. The molecule has 0 aliphatic heterocycles. The monoisotopic (exact) mass is 324 g/mol. The number of esters is 1. The van der Waals surface area contributed by atoms with Crippen molar-refractivity contribution in [1.29, 1.82) is 0 Å². The normalized spacial score (nSPS) is 21.2. The molecule has 1 fully saturated rings. The molecule has 2 aliphatic rings. The van der Waals surface area contributed by atoms with Crippen molar-refractivity contribution >= 4 is 11.8 Å². The van der Waals surface area contributed by atoms with Gasteiger partial charge in [0.2, 0.25) is 0 Å². The predicted octanol–water partition coefficient (Wildman–Crippen LogP) is 0.926. The molecule has 128 valence electrons. The van der Waals surface area contributed by atoms with Crippen LogP contribution in [0, 0.1) is 0 Å². The Hall–Kier alpha value is -1.73. The first-order chi connectivity index (χ1) is 11.0. The molecule has 7 nitrogen and oxygen atoms in total. The minimum absolute atomic E-state index is 0.201. The Labute approximate surface area is 135 Å². The molecule has 1 unspecified atom stereocenters. The predicted molar refractivity (Wildman–Crippen MR) is 82.1 cm³/mol. The topological polar surface area (TPSA) is 113 Å². The third-order valence-electron chi connectivity index (χ3n) is 4.10. The number of rotatable bonds is 2. The molecule has 3 N–H and O–H groups in total. The maximum atomic E-state index is 11.5. The van der Waals surface area contributed by atoms with Crippen molar-refractivity contribution in [3.05, 3.63) is 17.0 Å². The number of H-pyrrole nitrogens is 1. The van der Waals surface area contributed by atoms with Gasteiger partial charge in [-0.25, -0.2) is 4.79 Å². The Morgan fingerprint density at radius 1 is 1.22 bits per heavy atom. The summed E-state index contributed by atoms with van der Waals surface area (Å²) < 4.78 is 4.90. The van der Waals surface area contributed by atoms with Crippen molar-refractivity contribution in [3.63, 3.8) is 0 Å². The molecule has 1 aromatic rings. The van der Waals surface area contributed by atoms with Crippen molar-refractivity contribution in [2.45, 2.75) is 64.1 Å². The van der Waals surface area contributed by atoms with Crippen LogP contribution < -0.4 is 0 Å². The lowest BCUT2D eigenvalue weighted by Crippen LogP contribution is -2.19. The third-order valence-corrected chi connectivity index (χ3v) is 4.10. The Bertz CT molecular complexity index is 545. The van der Waals surface area contributed by atoms with Crippen molar-refractivity contribution in [1.82, 2.24) is 10.2 Å². The lowest BCUT2D eigenvalue weighted by atomic mass is 9.94. The first-order valence-corrected chi connectivity index (χ1v) is 8.12. The van der Waals surface area contributed by atoms with Gasteiger partial charge in [-0.15, -0.1) is 0 Å². The van der Waals surface area contributed by atoms with Crippen LogP contribution in [0.4, 0.5) is 0 Å². The number of nitrogens with one attached hydrogen (secondary N) is 1. The molecular weight excluding hydrogens is 300 g/mol. The van der Waals surface area contributed by atoms with Crippen molar-refractivity contribution in [2.24, 2.45) is 0 Å². The zero-order valence-electron chi connectivity index (χ0n) is 13.4. The fraction of sp³-hybridized carbons (Fsp3) is 0.688. The summed E-state index contributed by atoms with van der Waals surface area (Å²) in [4.78, 5) is 22.0. The highest BCUT2D eigenvalue weighted by Crippen LogP contribution is 2.22. The number of aliphatic hydroxyl groups is 2. The molecular formula is C16H24N2O5. The minimum Gasteiger partial charge on any atom is -0.461 e. The number of hydrogen-bond donors (Lipinski definition) is 3. The number of aliphatic hydroxyl groups excluding tert-OH is 2. The van der Waals surface area contributed by atoms with Gasteiger partial charge < -0.3 is 14.9 Å². The SMILES string of the molecule is CCOC(=O)c1n[nH]c2c1CCC(O)C2.O=C1CCC(O)CC1. The number of carbonyl (C=O) groups excluding carboxylic acids is 2. The summed E-state index contributed by atoms with van der Waals surface area (Å²) in [5.74, 6) is -0.0818. The van der Waals surface area contributed by atoms with Gasteiger partial charge >= 0.3 is 5.97 Å². The minimum atomic E-state index is -0.383. The molecule has 0 aromatic carbocycles. The summed E-state index contributed by atoms with van der Waals surface area (Å²) >= 11 is 0. The first-order valence-electron chi connectivity index (χ1n) is 8.12. The van der Waals surface area contributed by atoms with E-state index in [1.165, 1.54) is 0 Å². The second-order valence-electron chi connectivity index (χ2n) is 5.92. The lowest BCUT2D eigenvalue weighted by Gasteiger charge is -2.16. The molecule has 0 radical (unpaired) electrons. The van der Waals surface area contributed by atoms with Crippen LogP contribution in [0.1, 0.15) is 60.8 Å². The molecule has 2 aliphatic carbocycles. The third kappa shape index (κ3) is 4.87. The number of Topliss-reactive ketones (excluding diaryl/α,β-unsaturated/α-hetero) is 1. The Kier molecular flexibility index (Phi) is 6.29. The number of ether oxygens (including phenoxy) is 1. The van der Waals surface area contributed by atoms with Crippen LogP contribution in [0.3, 0.4) is 0 Å². The quantitative estimate of drug-likeness (QED) is 0.698. The van der Waals surface area contributed by atoms with Crippen LogP contribution in [0.2, 0.25) is 0 Å². The number of hydrogen-bond acceptors (Lipinski definition) is 6. The van der Waals surface area contributed by atoms with Gasteiger partial charge in [-0.2, -0.15) is 5.10 Å². The summed E-state index contributed by atoms with van der Waals surface area (Å²) in [6.07, 6.45) is 3.91. The van der Waals surface area contributed by atoms with Crippen LogP contribution >= 0.6 is 0 Å². The van der Waals surface area contributed by atoms with Crippen LogP contribution in [-0.2, 0) is 22.4 Å². The fourth-order valence-electron chi connectivity index (χ4n) is 2.78. The Morgan fingerprint density at radius 3 is 2.48 bits per heavy atom. The van der Waals surface area contributed by atoms with E-state index in [2.05, 4.69) is 10.2 Å². The van der Waals surface area contributed by atoms with Gasteiger partial charge in [0.05, 0.1) is 18.8 Å². The second-order valence-corrected chi connectivity index (χ2v) is 5.92. The van der Waals surface area contributed by atoms with Gasteiger partial charge in [0.25, 0.3) is 0 Å². The standard InChI is InChI=1S/C10H14N2O3.C6H10O2/c1-2-15-10(14)9-7-4-3-6(13)5-8(7)11-12-9;7-5-1-2-6(8)4-3-5/h6,13H,2-5H2,1H3,(H,11,12);5,7H,1-4H2. The first kappa shape index (κ1) is 17.6. The van der Waals surface area contributed by atoms with Crippen LogP contribution in [0.25, 0.3) is 0 Å². The van der Waals surface area contributed by atoms with E-state index in [0.29, 0.717) is 63.0 Å². The molecule has 1 aromatic heterocycles. The highest BCUT2D eigenvalue weighted by atomic mass is 16.5. The smallest absolute Gasteiger partial charge is 0.359 e. The van der Waals surface area contributed by atoms with Gasteiger partial charge in [0.15, 0.2) is 5.69 Å². The van der Waals surface area contributed by atoms with Gasteiger partial charge in [-0.05, 0) is 32.6 Å². The van der Waals surface area contributed by atoms with E-state index in [1.807, 2.05) is 0 Å². The Morgan fingerprint density at radius 2 is 1.87 bits per heavy atom. The summed E-state index contributed by atoms with van der Waals surface area (Å²) in [5, 5.41) is 25.0. The van der Waals surface area contributed by atoms with Gasteiger partial charge in [0.1, 0.15) is 5.78 Å². The van der Waals surface area contributed by atoms with Crippen molar-refractivity contribution in [3.8, 4) is 0 Å². The number of nitrogens with zero attached hydrogens (tertiary/aromatic N) is 1. The summed E-state index contributed by atoms with van der Waals surface area (Å²) in [5.41, 5.74) is 2.13. The average Bonchev–Trinajstić information content (AvgIpc) is 2.94. The molecule has 0 spiro atoms. The largest absolute Gasteiger partial charge is 0.461 e. The number of aromatic nitrogens is 2. The van der Waals surface area contributed by atoms with Gasteiger partial charge in [-0.1, -0.05) is 0 Å². The van der Waals surface area contributed by atoms with Gasteiger partial charge in [-0.3, -0.25) is 9.89 Å². The zero-order chi connectivity index (χ0) is 16.8. The van der Waals surface area contributed by atoms with E-state index in [0.717, 1.165) is 11.3 Å². The number of carbonyl (C=O) groups is 2. The number of fused-ring (bicyclic) bond motifs is 1. The van der Waals surface area contributed by atoms with Crippen LogP contribution in [-0.4, -0.2) is 51.0 Å². The highest BCUT2D eigenvalue weighted by molar-refractivity contribution is 5.89. The molecule has 0 saturated heterocycles. The summed E-state index contributed by atoms with van der Waals surface area (Å²) in [6.45, 7) is 2.11. The number of ketones is 1. The van der Waals surface area contributed by atoms with Crippen molar-refractivity contribution in [2.75, 3.05) is 6.61 Å². The van der Waals surface area contributed by atoms with E-state index in [4.69, 9.17) is 9.84 Å². The van der Waals surface area contributed by atoms with E-state index in [-0.39, 0.29) is 18.2 Å². The molecule has 1 heterocycles. The number of aromatic amines is 1. The van der Waals surface area contributed by atoms with Crippen LogP contribution in [0.15, 0.2) is 0 Å². The van der Waals surface area contributed by atoms with E-state index in [9.17, 15) is 14.7 Å². The zero-order valence-corrected chi connectivity index (χ0v) is 13.4. The van der Waals surface area contributed by atoms with E-state index in [1.54, 1.807) is 6.92 Å². The molecule has 23 heavy (non-hydrogen) atoms. The lowest BCUT2D eigenvalue weighted by molar-refractivity contribution is -0.122. The molecule has 0 amide bonds. The summed E-state index contributed by atoms with van der Waals surface area (Å²) in [6, 6.07) is 0. The van der Waals surface area contributed by atoms with E-state index >= 15 is 0 Å². The molecule has 1 saturated carbocycles. The Balaban J connectivity index is 0.000000203. The maximum Gasteiger partial charge on any atom is 0.359 e. The van der Waals surface area contributed by atoms with E-state index < -0.39 is 0 Å². The molecule has 7 heteroatoms. The van der Waals surface area contributed by atoms with Crippen LogP contribution in [0.5, 0.6) is 0 Å². The van der Waals surface area contributed by atoms with Gasteiger partial charge in [0, 0.05) is 30.5 Å². The molecule has 1 atom stereocenters. The second kappa shape index (κ2) is 8.21. The fourth-order valence-corrected chi connectivity index (χ4v) is 2.78. The molecule has 3 rings (SSSR count). The molecule has 0 bridgehead atoms. The van der Waals surface area contributed by atoms with Crippen molar-refractivity contribution < 1.29 is 24.5 Å².